The number of ether oxygens (including phenoxy) is 2. The number of carbonyl (C=O) groups is 2. The summed E-state index contributed by atoms with van der Waals surface area (Å²) in [6, 6.07) is 0. The molecule has 88 valence electrons. The molecule has 16 heavy (non-hydrogen) atoms. The van der Waals surface area contributed by atoms with Gasteiger partial charge in [-0.25, -0.2) is 9.59 Å². The van der Waals surface area contributed by atoms with Crippen LogP contribution in [0.1, 0.15) is 25.7 Å². The Morgan fingerprint density at radius 3 is 1.62 bits per heavy atom. The van der Waals surface area contributed by atoms with Crippen LogP contribution in [0.3, 0.4) is 0 Å². The van der Waals surface area contributed by atoms with E-state index in [0.29, 0.717) is 0 Å². The highest BCUT2D eigenvalue weighted by atomic mass is 16.5. The topological polar surface area (TPSA) is 52.6 Å². The minimum Gasteiger partial charge on any atom is -0.466 e. The van der Waals surface area contributed by atoms with E-state index in [9.17, 15) is 9.59 Å². The Labute approximate surface area is 94.9 Å². The second-order valence-electron chi connectivity index (χ2n) is 3.59. The van der Waals surface area contributed by atoms with Gasteiger partial charge in [0.1, 0.15) is 0 Å². The van der Waals surface area contributed by atoms with E-state index in [4.69, 9.17) is 0 Å². The average Bonchev–Trinajstić information content (AvgIpc) is 2.31. The van der Waals surface area contributed by atoms with E-state index in [-0.39, 0.29) is 11.9 Å². The van der Waals surface area contributed by atoms with E-state index >= 15 is 0 Å². The van der Waals surface area contributed by atoms with Gasteiger partial charge in [-0.2, -0.15) is 0 Å². The van der Waals surface area contributed by atoms with Crippen molar-refractivity contribution in [3.05, 3.63) is 23.3 Å². The monoisotopic (exact) mass is 224 g/mol. The molecule has 0 aromatic rings. The van der Waals surface area contributed by atoms with E-state index in [2.05, 4.69) is 9.47 Å². The average molecular weight is 224 g/mol. The van der Waals surface area contributed by atoms with Crippen molar-refractivity contribution in [1.82, 2.24) is 0 Å². The smallest absolute Gasteiger partial charge is 0.330 e. The number of esters is 2. The highest BCUT2D eigenvalue weighted by Crippen LogP contribution is 2.28. The van der Waals surface area contributed by atoms with E-state index < -0.39 is 0 Å². The first-order chi connectivity index (χ1) is 7.67. The molecule has 1 aliphatic rings. The Morgan fingerprint density at radius 2 is 1.31 bits per heavy atom. The van der Waals surface area contributed by atoms with E-state index in [1.54, 1.807) is 0 Å². The molecule has 4 nitrogen and oxygen atoms in total. The highest BCUT2D eigenvalue weighted by Gasteiger charge is 2.14. The Balaban J connectivity index is 2.87. The summed E-state index contributed by atoms with van der Waals surface area (Å²) in [7, 11) is 2.68. The fraction of sp³-hybridized carbons (Fsp3) is 0.500. The van der Waals surface area contributed by atoms with Crippen LogP contribution in [0.25, 0.3) is 0 Å². The molecule has 4 heteroatoms. The molecule has 0 unspecified atom stereocenters. The molecule has 0 spiro atoms. The van der Waals surface area contributed by atoms with Crippen LogP contribution in [0, 0.1) is 0 Å². The number of allylic oxidation sites excluding steroid dienone is 2. The van der Waals surface area contributed by atoms with Crippen molar-refractivity contribution in [2.45, 2.75) is 25.7 Å². The van der Waals surface area contributed by atoms with Gasteiger partial charge in [-0.3, -0.25) is 0 Å². The third kappa shape index (κ3) is 3.53. The molecule has 0 amide bonds. The second kappa shape index (κ2) is 6.10. The molecule has 1 saturated carbocycles. The third-order valence-electron chi connectivity index (χ3n) is 2.54. The number of hydrogen-bond donors (Lipinski definition) is 0. The molecule has 1 rings (SSSR count). The molecular weight excluding hydrogens is 208 g/mol. The summed E-state index contributed by atoms with van der Waals surface area (Å²) >= 11 is 0. The minimum atomic E-state index is -0.382. The van der Waals surface area contributed by atoms with Gasteiger partial charge in [0.15, 0.2) is 0 Å². The zero-order valence-electron chi connectivity index (χ0n) is 9.62. The van der Waals surface area contributed by atoms with Crippen molar-refractivity contribution in [2.75, 3.05) is 14.2 Å². The summed E-state index contributed by atoms with van der Waals surface area (Å²) in [6.45, 7) is 0. The Morgan fingerprint density at radius 1 is 0.938 bits per heavy atom. The van der Waals surface area contributed by atoms with Gasteiger partial charge in [-0.15, -0.1) is 0 Å². The van der Waals surface area contributed by atoms with Gasteiger partial charge in [0, 0.05) is 12.2 Å². The van der Waals surface area contributed by atoms with Gasteiger partial charge < -0.3 is 9.47 Å². The molecular formula is C12H16O4. The van der Waals surface area contributed by atoms with Gasteiger partial charge in [0.2, 0.25) is 0 Å². The van der Waals surface area contributed by atoms with Crippen LogP contribution in [-0.4, -0.2) is 26.2 Å². The van der Waals surface area contributed by atoms with Crippen molar-refractivity contribution in [1.29, 1.82) is 0 Å². The predicted molar refractivity (Wildman–Crippen MR) is 58.7 cm³/mol. The van der Waals surface area contributed by atoms with Gasteiger partial charge in [0.05, 0.1) is 14.2 Å². The molecule has 0 aromatic heterocycles. The maximum absolute atomic E-state index is 11.1. The van der Waals surface area contributed by atoms with Crippen LogP contribution < -0.4 is 0 Å². The Kier molecular flexibility index (Phi) is 4.76. The fourth-order valence-electron chi connectivity index (χ4n) is 1.68. The number of carbonyl (C=O) groups excluding carboxylic acids is 2. The molecule has 0 atom stereocenters. The molecule has 0 aromatic carbocycles. The van der Waals surface area contributed by atoms with Crippen molar-refractivity contribution in [2.24, 2.45) is 0 Å². The summed E-state index contributed by atoms with van der Waals surface area (Å²) < 4.78 is 9.15. The van der Waals surface area contributed by atoms with Crippen LogP contribution in [0.2, 0.25) is 0 Å². The lowest BCUT2D eigenvalue weighted by Crippen LogP contribution is -2.06. The quantitative estimate of drug-likeness (QED) is 0.529. The lowest BCUT2D eigenvalue weighted by molar-refractivity contribution is -0.135. The van der Waals surface area contributed by atoms with Gasteiger partial charge in [-0.1, -0.05) is 0 Å². The number of rotatable bonds is 2. The Hall–Kier alpha value is -1.58. The van der Waals surface area contributed by atoms with Crippen LogP contribution in [0.15, 0.2) is 23.3 Å². The summed E-state index contributed by atoms with van der Waals surface area (Å²) in [6.07, 6.45) is 6.57. The summed E-state index contributed by atoms with van der Waals surface area (Å²) in [5, 5.41) is 0. The SMILES string of the molecule is COC(=O)/C=C1/CCCC/C1=C/C(=O)OC. The lowest BCUT2D eigenvalue weighted by atomic mass is 9.89. The van der Waals surface area contributed by atoms with Crippen LogP contribution in [-0.2, 0) is 19.1 Å². The molecule has 0 bridgehead atoms. The fourth-order valence-corrected chi connectivity index (χ4v) is 1.68. The lowest BCUT2D eigenvalue weighted by Gasteiger charge is -2.17. The van der Waals surface area contributed by atoms with Crippen molar-refractivity contribution >= 4 is 11.9 Å². The normalized spacial score (nSPS) is 20.9. The molecule has 1 fully saturated rings. The predicted octanol–water partition coefficient (Wildman–Crippen LogP) is 1.76. The van der Waals surface area contributed by atoms with Gasteiger partial charge in [0.25, 0.3) is 0 Å². The largest absolute Gasteiger partial charge is 0.466 e. The first-order valence-corrected chi connectivity index (χ1v) is 5.24. The standard InChI is InChI=1S/C12H16O4/c1-15-11(13)7-9-5-3-4-6-10(9)8-12(14)16-2/h7-8H,3-6H2,1-2H3/b9-7-,10-8-. The second-order valence-corrected chi connectivity index (χ2v) is 3.59. The first kappa shape index (κ1) is 12.5. The molecule has 0 N–H and O–H groups in total. The van der Waals surface area contributed by atoms with Crippen molar-refractivity contribution in [3.8, 4) is 0 Å². The summed E-state index contributed by atoms with van der Waals surface area (Å²) in [5.41, 5.74) is 1.76. The molecule has 0 saturated heterocycles. The van der Waals surface area contributed by atoms with Crippen LogP contribution in [0.5, 0.6) is 0 Å². The Bertz CT molecular complexity index is 305. The molecule has 0 radical (unpaired) electrons. The van der Waals surface area contributed by atoms with Crippen molar-refractivity contribution < 1.29 is 19.1 Å². The van der Waals surface area contributed by atoms with Gasteiger partial charge >= 0.3 is 11.9 Å². The van der Waals surface area contributed by atoms with E-state index in [0.717, 1.165) is 36.8 Å². The molecule has 1 aliphatic carbocycles. The highest BCUT2D eigenvalue weighted by molar-refractivity contribution is 5.86. The van der Waals surface area contributed by atoms with Crippen LogP contribution >= 0.6 is 0 Å². The zero-order valence-corrected chi connectivity index (χ0v) is 9.62. The zero-order chi connectivity index (χ0) is 12.0. The maximum Gasteiger partial charge on any atom is 0.330 e. The van der Waals surface area contributed by atoms with Gasteiger partial charge in [-0.05, 0) is 36.8 Å². The molecule has 0 aliphatic heterocycles. The first-order valence-electron chi connectivity index (χ1n) is 5.24. The third-order valence-corrected chi connectivity index (χ3v) is 2.54. The molecule has 0 heterocycles. The maximum atomic E-state index is 11.1. The van der Waals surface area contributed by atoms with Crippen LogP contribution in [0.4, 0.5) is 0 Å². The van der Waals surface area contributed by atoms with Crippen molar-refractivity contribution in [3.63, 3.8) is 0 Å². The summed E-state index contributed by atoms with van der Waals surface area (Å²) in [4.78, 5) is 22.3. The van der Waals surface area contributed by atoms with E-state index in [1.165, 1.54) is 26.4 Å². The minimum absolute atomic E-state index is 0.382. The summed E-state index contributed by atoms with van der Waals surface area (Å²) in [5.74, 6) is -0.764. The number of methoxy groups -OCH3 is 2. The van der Waals surface area contributed by atoms with E-state index in [1.807, 2.05) is 0 Å². The number of hydrogen-bond acceptors (Lipinski definition) is 4.